The predicted octanol–water partition coefficient (Wildman–Crippen LogP) is -0.770. The van der Waals surface area contributed by atoms with Crippen LogP contribution in [-0.2, 0) is 11.1 Å². The van der Waals surface area contributed by atoms with Crippen molar-refractivity contribution in [3.05, 3.63) is 0 Å². The molecule has 1 atom stereocenters. The molecular formula is C8H17LiO2S. The van der Waals surface area contributed by atoms with E-state index < -0.39 is 11.1 Å². The molecule has 68 valence electrons. The second-order valence-electron chi connectivity index (χ2n) is 2.78. The van der Waals surface area contributed by atoms with Gasteiger partial charge in [0, 0.05) is 5.75 Å². The Labute approximate surface area is 90.0 Å². The smallest absolute Gasteiger partial charge is 0.772 e. The molecule has 0 rings (SSSR count). The number of rotatable bonds is 7. The van der Waals surface area contributed by atoms with Gasteiger partial charge < -0.3 is 4.55 Å². The van der Waals surface area contributed by atoms with Crippen LogP contribution in [0.3, 0.4) is 0 Å². The summed E-state index contributed by atoms with van der Waals surface area (Å²) in [5.41, 5.74) is 0. The molecule has 0 spiro atoms. The molecule has 0 aliphatic carbocycles. The predicted molar refractivity (Wildman–Crippen MR) is 47.2 cm³/mol. The van der Waals surface area contributed by atoms with Crippen molar-refractivity contribution in [1.29, 1.82) is 0 Å². The minimum Gasteiger partial charge on any atom is -0.772 e. The van der Waals surface area contributed by atoms with Crippen molar-refractivity contribution in [2.75, 3.05) is 5.75 Å². The third-order valence-electron chi connectivity index (χ3n) is 1.66. The van der Waals surface area contributed by atoms with Gasteiger partial charge in [-0.25, -0.2) is 0 Å². The van der Waals surface area contributed by atoms with Crippen molar-refractivity contribution < 1.29 is 27.6 Å². The minimum atomic E-state index is -1.82. The first-order valence-electron chi connectivity index (χ1n) is 4.33. The molecule has 0 bridgehead atoms. The molecule has 0 aromatic heterocycles. The van der Waals surface area contributed by atoms with Crippen LogP contribution in [0.5, 0.6) is 0 Å². The summed E-state index contributed by atoms with van der Waals surface area (Å²) in [6.07, 6.45) is 6.86. The third-order valence-corrected chi connectivity index (χ3v) is 2.29. The first kappa shape index (κ1) is 15.2. The van der Waals surface area contributed by atoms with E-state index in [0.29, 0.717) is 5.75 Å². The molecule has 12 heavy (non-hydrogen) atoms. The van der Waals surface area contributed by atoms with Crippen LogP contribution in [0.4, 0.5) is 0 Å². The Balaban J connectivity index is 0. The van der Waals surface area contributed by atoms with Gasteiger partial charge in [0.1, 0.15) is 0 Å². The SMILES string of the molecule is CCCCCCCCS(=O)[O-].[Li+]. The van der Waals surface area contributed by atoms with Gasteiger partial charge in [-0.1, -0.05) is 50.1 Å². The summed E-state index contributed by atoms with van der Waals surface area (Å²) in [5, 5.41) is 0. The summed E-state index contributed by atoms with van der Waals surface area (Å²) in [6.45, 7) is 2.17. The van der Waals surface area contributed by atoms with E-state index in [0.717, 1.165) is 12.8 Å². The molecule has 0 N–H and O–H groups in total. The van der Waals surface area contributed by atoms with Crippen molar-refractivity contribution in [3.8, 4) is 0 Å². The number of unbranched alkanes of at least 4 members (excludes halogenated alkanes) is 5. The van der Waals surface area contributed by atoms with Crippen molar-refractivity contribution in [2.24, 2.45) is 0 Å². The Morgan fingerprint density at radius 1 is 1.08 bits per heavy atom. The summed E-state index contributed by atoms with van der Waals surface area (Å²) in [7, 11) is 0. The van der Waals surface area contributed by atoms with Crippen molar-refractivity contribution >= 4 is 11.1 Å². The standard InChI is InChI=1S/C8H18O2S.Li/c1-2-3-4-5-6-7-8-11(9)10;/h2-8H2,1H3,(H,9,10);/q;+1/p-1. The summed E-state index contributed by atoms with van der Waals surface area (Å²) < 4.78 is 20.2. The van der Waals surface area contributed by atoms with E-state index in [2.05, 4.69) is 6.92 Å². The zero-order valence-corrected chi connectivity index (χ0v) is 8.99. The van der Waals surface area contributed by atoms with E-state index in [9.17, 15) is 8.76 Å². The van der Waals surface area contributed by atoms with Crippen LogP contribution < -0.4 is 18.9 Å². The first-order valence-corrected chi connectivity index (χ1v) is 5.57. The summed E-state index contributed by atoms with van der Waals surface area (Å²) in [6, 6.07) is 0. The molecule has 0 fully saturated rings. The Bertz CT molecular complexity index is 109. The maximum Gasteiger partial charge on any atom is 1.00 e. The normalized spacial score (nSPS) is 12.2. The van der Waals surface area contributed by atoms with Crippen LogP contribution in [0.15, 0.2) is 0 Å². The Morgan fingerprint density at radius 2 is 1.58 bits per heavy atom. The molecule has 0 aromatic rings. The first-order chi connectivity index (χ1) is 5.27. The van der Waals surface area contributed by atoms with Gasteiger partial charge in [0.15, 0.2) is 0 Å². The van der Waals surface area contributed by atoms with Gasteiger partial charge in [-0.05, 0) is 6.42 Å². The molecule has 2 nitrogen and oxygen atoms in total. The van der Waals surface area contributed by atoms with E-state index in [-0.39, 0.29) is 18.9 Å². The van der Waals surface area contributed by atoms with Crippen LogP contribution in [-0.4, -0.2) is 14.5 Å². The average Bonchev–Trinajstić information content (AvgIpc) is 1.96. The maximum absolute atomic E-state index is 10.1. The van der Waals surface area contributed by atoms with Gasteiger partial charge in [-0.3, -0.25) is 4.21 Å². The van der Waals surface area contributed by atoms with Crippen LogP contribution in [0.2, 0.25) is 0 Å². The van der Waals surface area contributed by atoms with Gasteiger partial charge in [-0.2, -0.15) is 0 Å². The van der Waals surface area contributed by atoms with Gasteiger partial charge in [0.2, 0.25) is 0 Å². The third kappa shape index (κ3) is 13.3. The summed E-state index contributed by atoms with van der Waals surface area (Å²) in [4.78, 5) is 0. The Kier molecular flexibility index (Phi) is 14.8. The largest absolute Gasteiger partial charge is 1.00 e. The Hall–Kier alpha value is 0.707. The average molecular weight is 184 g/mol. The fraction of sp³-hybridized carbons (Fsp3) is 1.00. The molecule has 1 unspecified atom stereocenters. The molecule has 0 saturated heterocycles. The van der Waals surface area contributed by atoms with E-state index in [1.165, 1.54) is 25.7 Å². The minimum absolute atomic E-state index is 0. The molecule has 0 amide bonds. The van der Waals surface area contributed by atoms with Crippen molar-refractivity contribution in [2.45, 2.75) is 45.4 Å². The van der Waals surface area contributed by atoms with Crippen LogP contribution in [0.1, 0.15) is 45.4 Å². The van der Waals surface area contributed by atoms with Gasteiger partial charge >= 0.3 is 18.9 Å². The van der Waals surface area contributed by atoms with Gasteiger partial charge in [-0.15, -0.1) is 0 Å². The van der Waals surface area contributed by atoms with Gasteiger partial charge in [0.25, 0.3) is 0 Å². The molecule has 4 heteroatoms. The zero-order chi connectivity index (χ0) is 8.53. The molecule has 0 aromatic carbocycles. The van der Waals surface area contributed by atoms with Gasteiger partial charge in [0.05, 0.1) is 0 Å². The fourth-order valence-electron chi connectivity index (χ4n) is 1.00. The van der Waals surface area contributed by atoms with E-state index in [1.54, 1.807) is 0 Å². The molecule has 0 saturated carbocycles. The molecule has 0 radical (unpaired) electrons. The van der Waals surface area contributed by atoms with E-state index in [4.69, 9.17) is 0 Å². The maximum atomic E-state index is 10.1. The molecule has 0 aliphatic heterocycles. The van der Waals surface area contributed by atoms with Crippen LogP contribution in [0.25, 0.3) is 0 Å². The number of hydrogen-bond acceptors (Lipinski definition) is 2. The molecular weight excluding hydrogens is 167 g/mol. The topological polar surface area (TPSA) is 40.1 Å². The monoisotopic (exact) mass is 184 g/mol. The quantitative estimate of drug-likeness (QED) is 0.296. The molecule has 0 heterocycles. The van der Waals surface area contributed by atoms with Crippen LogP contribution in [0, 0.1) is 0 Å². The van der Waals surface area contributed by atoms with E-state index >= 15 is 0 Å². The number of hydrogen-bond donors (Lipinski definition) is 0. The Morgan fingerprint density at radius 3 is 2.08 bits per heavy atom. The van der Waals surface area contributed by atoms with Crippen molar-refractivity contribution in [1.82, 2.24) is 0 Å². The summed E-state index contributed by atoms with van der Waals surface area (Å²) >= 11 is -1.82. The fourth-order valence-corrected chi connectivity index (χ4v) is 1.44. The second-order valence-corrected chi connectivity index (χ2v) is 3.79. The van der Waals surface area contributed by atoms with Crippen LogP contribution >= 0.6 is 0 Å². The van der Waals surface area contributed by atoms with Crippen molar-refractivity contribution in [3.63, 3.8) is 0 Å². The summed E-state index contributed by atoms with van der Waals surface area (Å²) in [5.74, 6) is 0.339. The zero-order valence-electron chi connectivity index (χ0n) is 8.17. The molecule has 0 aliphatic rings. The van der Waals surface area contributed by atoms with E-state index in [1.807, 2.05) is 0 Å². The second kappa shape index (κ2) is 11.7.